The third-order valence-corrected chi connectivity index (χ3v) is 1.80. The van der Waals surface area contributed by atoms with Crippen LogP contribution in [0.1, 0.15) is 12.7 Å². The van der Waals surface area contributed by atoms with Crippen LogP contribution in [0.25, 0.3) is 6.08 Å². The van der Waals surface area contributed by atoms with Gasteiger partial charge in [0.25, 0.3) is 0 Å². The Morgan fingerprint density at radius 1 is 1.79 bits per heavy atom. The zero-order valence-corrected chi connectivity index (χ0v) is 7.97. The first-order chi connectivity index (χ1) is 6.65. The Kier molecular flexibility index (Phi) is 3.23. The van der Waals surface area contributed by atoms with E-state index in [1.165, 1.54) is 6.08 Å². The van der Waals surface area contributed by atoms with Gasteiger partial charge < -0.3 is 9.67 Å². The maximum Gasteiger partial charge on any atom is 0.335 e. The molecule has 1 heterocycles. The lowest BCUT2D eigenvalue weighted by molar-refractivity contribution is -0.132. The van der Waals surface area contributed by atoms with Crippen LogP contribution < -0.4 is 0 Å². The number of hydrogen-bond acceptors (Lipinski definition) is 2. The van der Waals surface area contributed by atoms with Gasteiger partial charge in [0.05, 0.1) is 5.57 Å². The summed E-state index contributed by atoms with van der Waals surface area (Å²) in [5.74, 6) is -0.286. The normalized spacial score (nSPS) is 10.6. The molecule has 0 aliphatic carbocycles. The Hall–Kier alpha value is -1.84. The molecule has 0 unspecified atom stereocenters. The Morgan fingerprint density at radius 3 is 3.07 bits per heavy atom. The minimum Gasteiger partial charge on any atom is -0.478 e. The molecule has 1 rings (SSSR count). The van der Waals surface area contributed by atoms with Gasteiger partial charge in [0.2, 0.25) is 0 Å². The number of imidazole rings is 1. The Bertz CT molecular complexity index is 377. The maximum absolute atomic E-state index is 10.4. The predicted octanol–water partition coefficient (Wildman–Crippen LogP) is 1.56. The lowest BCUT2D eigenvalue weighted by atomic mass is 10.3. The van der Waals surface area contributed by atoms with E-state index in [1.807, 2.05) is 17.7 Å². The van der Waals surface area contributed by atoms with Crippen molar-refractivity contribution in [3.8, 4) is 0 Å². The molecule has 74 valence electrons. The largest absolute Gasteiger partial charge is 0.478 e. The zero-order valence-electron chi connectivity index (χ0n) is 7.97. The topological polar surface area (TPSA) is 55.1 Å². The van der Waals surface area contributed by atoms with Crippen LogP contribution in [0.15, 0.2) is 30.6 Å². The zero-order chi connectivity index (χ0) is 10.6. The van der Waals surface area contributed by atoms with Gasteiger partial charge >= 0.3 is 5.97 Å². The van der Waals surface area contributed by atoms with Crippen molar-refractivity contribution in [1.29, 1.82) is 0 Å². The van der Waals surface area contributed by atoms with Gasteiger partial charge in [-0.3, -0.25) is 0 Å². The molecule has 0 aliphatic heterocycles. The fourth-order valence-electron chi connectivity index (χ4n) is 0.993. The van der Waals surface area contributed by atoms with Gasteiger partial charge in [-0.2, -0.15) is 0 Å². The van der Waals surface area contributed by atoms with Crippen molar-refractivity contribution in [3.63, 3.8) is 0 Å². The summed E-state index contributed by atoms with van der Waals surface area (Å²) in [6.45, 7) is 6.18. The van der Waals surface area contributed by atoms with E-state index in [9.17, 15) is 4.79 Å². The molecule has 0 bridgehead atoms. The summed E-state index contributed by atoms with van der Waals surface area (Å²) in [5, 5.41) is 8.56. The summed E-state index contributed by atoms with van der Waals surface area (Å²) in [4.78, 5) is 14.5. The average molecular weight is 192 g/mol. The fourth-order valence-corrected chi connectivity index (χ4v) is 0.993. The van der Waals surface area contributed by atoms with Gasteiger partial charge in [-0.05, 0) is 19.1 Å². The van der Waals surface area contributed by atoms with Crippen LogP contribution in [0.4, 0.5) is 0 Å². The number of aryl methyl sites for hydroxylation is 1. The number of hydrogen-bond donors (Lipinski definition) is 1. The number of carboxylic acids is 1. The maximum atomic E-state index is 10.4. The first-order valence-electron chi connectivity index (χ1n) is 4.26. The molecule has 0 saturated heterocycles. The highest BCUT2D eigenvalue weighted by Gasteiger charge is 1.99. The van der Waals surface area contributed by atoms with Crippen LogP contribution >= 0.6 is 0 Å². The Labute approximate surface area is 82.2 Å². The van der Waals surface area contributed by atoms with Crippen LogP contribution in [0.3, 0.4) is 0 Å². The molecule has 0 radical (unpaired) electrons. The molecule has 4 heteroatoms. The van der Waals surface area contributed by atoms with Crippen molar-refractivity contribution in [2.75, 3.05) is 0 Å². The highest BCUT2D eigenvalue weighted by atomic mass is 16.4. The molecular weight excluding hydrogens is 180 g/mol. The molecule has 0 atom stereocenters. The molecule has 0 spiro atoms. The van der Waals surface area contributed by atoms with Gasteiger partial charge in [-0.15, -0.1) is 0 Å². The van der Waals surface area contributed by atoms with E-state index < -0.39 is 5.97 Å². The van der Waals surface area contributed by atoms with Crippen LogP contribution in [0.5, 0.6) is 0 Å². The third-order valence-electron chi connectivity index (χ3n) is 1.80. The van der Waals surface area contributed by atoms with E-state index in [1.54, 1.807) is 12.3 Å². The molecule has 0 saturated carbocycles. The first-order valence-corrected chi connectivity index (χ1v) is 4.26. The predicted molar refractivity (Wildman–Crippen MR) is 53.7 cm³/mol. The average Bonchev–Trinajstić information content (AvgIpc) is 2.60. The summed E-state index contributed by atoms with van der Waals surface area (Å²) in [6, 6.07) is 0. The third kappa shape index (κ3) is 2.32. The molecule has 0 fully saturated rings. The summed E-state index contributed by atoms with van der Waals surface area (Å²) >= 11 is 0. The number of aromatic nitrogens is 2. The number of carboxylic acid groups (broad SMARTS) is 1. The Morgan fingerprint density at radius 2 is 2.50 bits per heavy atom. The van der Waals surface area contributed by atoms with Crippen molar-refractivity contribution >= 4 is 12.0 Å². The van der Waals surface area contributed by atoms with Crippen LogP contribution in [0.2, 0.25) is 0 Å². The quantitative estimate of drug-likeness (QED) is 0.581. The van der Waals surface area contributed by atoms with Gasteiger partial charge in [0.1, 0.15) is 5.82 Å². The second-order valence-electron chi connectivity index (χ2n) is 2.74. The lowest BCUT2D eigenvalue weighted by Crippen LogP contribution is -1.97. The highest BCUT2D eigenvalue weighted by Crippen LogP contribution is 2.02. The highest BCUT2D eigenvalue weighted by molar-refractivity contribution is 5.90. The van der Waals surface area contributed by atoms with Crippen molar-refractivity contribution in [3.05, 3.63) is 36.4 Å². The van der Waals surface area contributed by atoms with Crippen molar-refractivity contribution in [2.45, 2.75) is 13.5 Å². The number of carbonyl (C=O) groups is 1. The van der Waals surface area contributed by atoms with E-state index in [0.717, 1.165) is 12.4 Å². The summed E-state index contributed by atoms with van der Waals surface area (Å²) in [7, 11) is 0. The second kappa shape index (κ2) is 4.41. The van der Waals surface area contributed by atoms with E-state index in [-0.39, 0.29) is 5.57 Å². The van der Waals surface area contributed by atoms with Gasteiger partial charge in [-0.25, -0.2) is 9.78 Å². The van der Waals surface area contributed by atoms with E-state index in [0.29, 0.717) is 0 Å². The van der Waals surface area contributed by atoms with E-state index >= 15 is 0 Å². The summed E-state index contributed by atoms with van der Waals surface area (Å²) in [6.07, 6.45) is 6.59. The van der Waals surface area contributed by atoms with E-state index in [2.05, 4.69) is 11.6 Å². The molecule has 0 aliphatic rings. The summed E-state index contributed by atoms with van der Waals surface area (Å²) in [5.41, 5.74) is 0.0515. The minimum atomic E-state index is -1.02. The SMILES string of the molecule is C=C(/C=C\c1nccn1CC)C(=O)O. The standard InChI is InChI=1S/C10H12N2O2/c1-3-12-7-6-11-9(12)5-4-8(2)10(13)14/h4-7H,2-3H2,1H3,(H,13,14)/b5-4-. The minimum absolute atomic E-state index is 0.0515. The first kappa shape index (κ1) is 10.2. The lowest BCUT2D eigenvalue weighted by Gasteiger charge is -1.98. The molecule has 0 aromatic carbocycles. The van der Waals surface area contributed by atoms with Crippen molar-refractivity contribution in [1.82, 2.24) is 9.55 Å². The van der Waals surface area contributed by atoms with E-state index in [4.69, 9.17) is 5.11 Å². The molecule has 1 N–H and O–H groups in total. The molecule has 0 amide bonds. The monoisotopic (exact) mass is 192 g/mol. The molecule has 14 heavy (non-hydrogen) atoms. The molecular formula is C10H12N2O2. The molecule has 4 nitrogen and oxygen atoms in total. The number of nitrogens with zero attached hydrogens (tertiary/aromatic N) is 2. The fraction of sp³-hybridized carbons (Fsp3) is 0.200. The van der Waals surface area contributed by atoms with Crippen LogP contribution in [-0.2, 0) is 11.3 Å². The van der Waals surface area contributed by atoms with Gasteiger partial charge in [0.15, 0.2) is 0 Å². The van der Waals surface area contributed by atoms with Gasteiger partial charge in [0, 0.05) is 18.9 Å². The summed E-state index contributed by atoms with van der Waals surface area (Å²) < 4.78 is 1.91. The Balaban J connectivity index is 2.78. The molecule has 1 aromatic rings. The van der Waals surface area contributed by atoms with Crippen LogP contribution in [0, 0.1) is 0 Å². The second-order valence-corrected chi connectivity index (χ2v) is 2.74. The van der Waals surface area contributed by atoms with Gasteiger partial charge in [-0.1, -0.05) is 6.58 Å². The van der Waals surface area contributed by atoms with Crippen molar-refractivity contribution < 1.29 is 9.90 Å². The number of aliphatic carboxylic acids is 1. The van der Waals surface area contributed by atoms with Crippen LogP contribution in [-0.4, -0.2) is 20.6 Å². The molecule has 1 aromatic heterocycles. The van der Waals surface area contributed by atoms with Crippen molar-refractivity contribution in [2.24, 2.45) is 0 Å². The number of rotatable bonds is 4. The smallest absolute Gasteiger partial charge is 0.335 e.